The largest absolute Gasteiger partial charge is 0.493 e. The Labute approximate surface area is 156 Å². The highest BCUT2D eigenvalue weighted by molar-refractivity contribution is 7.89. The molecule has 0 aromatic heterocycles. The van der Waals surface area contributed by atoms with Crippen molar-refractivity contribution in [1.82, 2.24) is 4.72 Å². The van der Waals surface area contributed by atoms with Crippen LogP contribution in [0.3, 0.4) is 0 Å². The monoisotopic (exact) mass is 394 g/mol. The second-order valence-electron chi connectivity index (χ2n) is 6.00. The average Bonchev–Trinajstić information content (AvgIpc) is 3.00. The van der Waals surface area contributed by atoms with Crippen LogP contribution in [0.1, 0.15) is 6.42 Å². The van der Waals surface area contributed by atoms with E-state index in [1.807, 2.05) is 0 Å². The Kier molecular flexibility index (Phi) is 5.33. The molecule has 1 aliphatic heterocycles. The molecule has 9 heteroatoms. The van der Waals surface area contributed by atoms with E-state index in [2.05, 4.69) is 4.72 Å². The normalized spacial score (nSPS) is 17.2. The molecule has 0 saturated carbocycles. The fourth-order valence-electron chi connectivity index (χ4n) is 2.97. The number of benzene rings is 2. The lowest BCUT2D eigenvalue weighted by atomic mass is 10.2. The fourth-order valence-corrected chi connectivity index (χ4v) is 4.28. The molecule has 0 spiro atoms. The molecular weight excluding hydrogens is 375 g/mol. The zero-order chi connectivity index (χ0) is 19.6. The summed E-state index contributed by atoms with van der Waals surface area (Å²) >= 11 is 0. The summed E-state index contributed by atoms with van der Waals surface area (Å²) in [7, 11) is -1.08. The Morgan fingerprint density at radius 1 is 1.11 bits per heavy atom. The van der Waals surface area contributed by atoms with Crippen molar-refractivity contribution in [2.45, 2.75) is 17.4 Å². The fraction of sp³-hybridized carbons (Fsp3) is 0.278. The molecule has 7 nitrogen and oxygen atoms in total. The second-order valence-corrected chi connectivity index (χ2v) is 7.68. The number of carbonyl (C=O) groups excluding carboxylic acids is 1. The summed E-state index contributed by atoms with van der Waals surface area (Å²) in [5.74, 6) is -0.114. The third-order valence-corrected chi connectivity index (χ3v) is 5.81. The smallest absolute Gasteiger partial charge is 0.243 e. The van der Waals surface area contributed by atoms with Gasteiger partial charge in [-0.15, -0.1) is 0 Å². The number of hydrogen-bond acceptors (Lipinski definition) is 5. The average molecular weight is 394 g/mol. The van der Waals surface area contributed by atoms with Gasteiger partial charge in [-0.1, -0.05) is 12.1 Å². The van der Waals surface area contributed by atoms with Crippen LogP contribution in [0.15, 0.2) is 47.4 Å². The summed E-state index contributed by atoms with van der Waals surface area (Å²) in [5.41, 5.74) is 0.560. The zero-order valence-electron chi connectivity index (χ0n) is 14.8. The van der Waals surface area contributed by atoms with E-state index in [0.29, 0.717) is 17.2 Å². The highest BCUT2D eigenvalue weighted by atomic mass is 32.2. The Balaban J connectivity index is 1.79. The molecule has 1 atom stereocenters. The maximum Gasteiger partial charge on any atom is 0.243 e. The molecule has 27 heavy (non-hydrogen) atoms. The Morgan fingerprint density at radius 2 is 1.81 bits per heavy atom. The summed E-state index contributed by atoms with van der Waals surface area (Å²) < 4.78 is 51.5. The van der Waals surface area contributed by atoms with E-state index in [-0.39, 0.29) is 18.9 Å². The second kappa shape index (κ2) is 7.53. The summed E-state index contributed by atoms with van der Waals surface area (Å²) in [6.45, 7) is 0.127. The first kappa shape index (κ1) is 19.1. The number of nitrogens with zero attached hydrogens (tertiary/aromatic N) is 1. The van der Waals surface area contributed by atoms with Crippen LogP contribution in [0.4, 0.5) is 10.1 Å². The van der Waals surface area contributed by atoms with Crippen molar-refractivity contribution in [2.24, 2.45) is 0 Å². The van der Waals surface area contributed by atoms with Gasteiger partial charge in [0.15, 0.2) is 11.5 Å². The first-order valence-electron chi connectivity index (χ1n) is 8.15. The molecule has 2 aromatic carbocycles. The number of rotatable bonds is 6. The van der Waals surface area contributed by atoms with Gasteiger partial charge in [0.05, 0.1) is 14.2 Å². The number of amides is 1. The van der Waals surface area contributed by atoms with Crippen LogP contribution < -0.4 is 19.1 Å². The molecule has 2 aromatic rings. The number of anilines is 1. The van der Waals surface area contributed by atoms with Gasteiger partial charge in [0.1, 0.15) is 10.7 Å². The molecule has 1 amide bonds. The first-order valence-corrected chi connectivity index (χ1v) is 9.63. The number of methoxy groups -OCH3 is 2. The van der Waals surface area contributed by atoms with Crippen molar-refractivity contribution in [3.05, 3.63) is 48.3 Å². The van der Waals surface area contributed by atoms with E-state index in [1.54, 1.807) is 18.2 Å². The van der Waals surface area contributed by atoms with E-state index in [0.717, 1.165) is 6.07 Å². The molecule has 1 saturated heterocycles. The SMILES string of the molecule is COc1ccc(N2C[C@@H](NS(=O)(=O)c3ccccc3F)CC2=O)cc1OC. The van der Waals surface area contributed by atoms with Crippen LogP contribution in [-0.4, -0.2) is 41.1 Å². The molecule has 0 bridgehead atoms. The Hall–Kier alpha value is -2.65. The Morgan fingerprint density at radius 3 is 2.48 bits per heavy atom. The summed E-state index contributed by atoms with van der Waals surface area (Å²) in [6.07, 6.45) is -0.0258. The number of halogens is 1. The number of sulfonamides is 1. The quantitative estimate of drug-likeness (QED) is 0.809. The standard InChI is InChI=1S/C18H19FN2O5S/c1-25-15-8-7-13(10-16(15)26-2)21-11-12(9-18(21)22)20-27(23,24)17-6-4-3-5-14(17)19/h3-8,10,12,20H,9,11H2,1-2H3/t12-/m0/s1. The van der Waals surface area contributed by atoms with Gasteiger partial charge >= 0.3 is 0 Å². The summed E-state index contributed by atoms with van der Waals surface area (Å²) in [4.78, 5) is 13.4. The lowest BCUT2D eigenvalue weighted by Gasteiger charge is -2.19. The van der Waals surface area contributed by atoms with Crippen molar-refractivity contribution in [1.29, 1.82) is 0 Å². The van der Waals surface area contributed by atoms with Gasteiger partial charge < -0.3 is 14.4 Å². The predicted molar refractivity (Wildman–Crippen MR) is 97.0 cm³/mol. The predicted octanol–water partition coefficient (Wildman–Crippen LogP) is 1.93. The minimum absolute atomic E-state index is 0.0258. The van der Waals surface area contributed by atoms with Crippen molar-refractivity contribution >= 4 is 21.6 Å². The molecule has 0 aliphatic carbocycles. The van der Waals surface area contributed by atoms with E-state index in [4.69, 9.17) is 9.47 Å². The lowest BCUT2D eigenvalue weighted by Crippen LogP contribution is -2.37. The topological polar surface area (TPSA) is 84.9 Å². The molecule has 1 heterocycles. The number of nitrogens with one attached hydrogen (secondary N) is 1. The molecule has 144 valence electrons. The van der Waals surface area contributed by atoms with Crippen LogP contribution in [0.2, 0.25) is 0 Å². The van der Waals surface area contributed by atoms with Gasteiger partial charge in [0.25, 0.3) is 0 Å². The van der Waals surface area contributed by atoms with E-state index >= 15 is 0 Å². The van der Waals surface area contributed by atoms with Crippen LogP contribution in [0, 0.1) is 5.82 Å². The maximum absolute atomic E-state index is 13.8. The van der Waals surface area contributed by atoms with Crippen LogP contribution in [0.25, 0.3) is 0 Å². The zero-order valence-corrected chi connectivity index (χ0v) is 15.6. The van der Waals surface area contributed by atoms with Gasteiger partial charge in [-0.05, 0) is 24.3 Å². The minimum Gasteiger partial charge on any atom is -0.493 e. The molecule has 1 aliphatic rings. The first-order chi connectivity index (χ1) is 12.9. The highest BCUT2D eigenvalue weighted by Crippen LogP contribution is 2.33. The third kappa shape index (κ3) is 3.88. The summed E-state index contributed by atoms with van der Waals surface area (Å²) in [6, 6.07) is 9.43. The van der Waals surface area contributed by atoms with E-state index < -0.39 is 26.8 Å². The van der Waals surface area contributed by atoms with Gasteiger partial charge in [-0.2, -0.15) is 0 Å². The molecular formula is C18H19FN2O5S. The maximum atomic E-state index is 13.8. The van der Waals surface area contributed by atoms with E-state index in [9.17, 15) is 17.6 Å². The van der Waals surface area contributed by atoms with Crippen LogP contribution in [0.5, 0.6) is 11.5 Å². The molecule has 0 unspecified atom stereocenters. The minimum atomic E-state index is -4.08. The molecule has 1 N–H and O–H groups in total. The lowest BCUT2D eigenvalue weighted by molar-refractivity contribution is -0.117. The molecule has 3 rings (SSSR count). The van der Waals surface area contributed by atoms with Crippen molar-refractivity contribution in [2.75, 3.05) is 25.7 Å². The number of carbonyl (C=O) groups is 1. The van der Waals surface area contributed by atoms with Crippen molar-refractivity contribution in [3.8, 4) is 11.5 Å². The van der Waals surface area contributed by atoms with Crippen LogP contribution in [-0.2, 0) is 14.8 Å². The molecule has 1 fully saturated rings. The van der Waals surface area contributed by atoms with Gasteiger partial charge in [-0.3, -0.25) is 4.79 Å². The van der Waals surface area contributed by atoms with E-state index in [1.165, 1.54) is 37.3 Å². The van der Waals surface area contributed by atoms with Gasteiger partial charge in [-0.25, -0.2) is 17.5 Å². The highest BCUT2D eigenvalue weighted by Gasteiger charge is 2.34. The van der Waals surface area contributed by atoms with Gasteiger partial charge in [0.2, 0.25) is 15.9 Å². The summed E-state index contributed by atoms with van der Waals surface area (Å²) in [5, 5.41) is 0. The van der Waals surface area contributed by atoms with Gasteiger partial charge in [0, 0.05) is 30.8 Å². The third-order valence-electron chi connectivity index (χ3n) is 4.25. The van der Waals surface area contributed by atoms with Crippen molar-refractivity contribution < 1.29 is 27.1 Å². The Bertz CT molecular complexity index is 964. The van der Waals surface area contributed by atoms with Crippen LogP contribution >= 0.6 is 0 Å². The molecule has 0 radical (unpaired) electrons. The number of ether oxygens (including phenoxy) is 2. The van der Waals surface area contributed by atoms with Crippen molar-refractivity contribution in [3.63, 3.8) is 0 Å². The number of hydrogen-bond donors (Lipinski definition) is 1.